The number of aliphatic hydroxyl groups excluding tert-OH is 2. The predicted molar refractivity (Wildman–Crippen MR) is 439 cm³/mol. The summed E-state index contributed by atoms with van der Waals surface area (Å²) >= 11 is 0. The van der Waals surface area contributed by atoms with Crippen LogP contribution in [0.15, 0.2) is 135 Å². The Hall–Kier alpha value is -11.8. The zero-order valence-electron chi connectivity index (χ0n) is 67.1. The van der Waals surface area contributed by atoms with E-state index in [0.29, 0.717) is 55.5 Å². The van der Waals surface area contributed by atoms with Crippen molar-refractivity contribution in [3.63, 3.8) is 0 Å². The van der Waals surface area contributed by atoms with E-state index in [-0.39, 0.29) is 130 Å². The Morgan fingerprint density at radius 2 is 0.808 bits per heavy atom. The Balaban J connectivity index is 0.000000227. The highest BCUT2D eigenvalue weighted by atomic mass is 19.4. The van der Waals surface area contributed by atoms with E-state index in [4.69, 9.17) is 14.2 Å². The molecular formula is C84H100F15N21O5. The van der Waals surface area contributed by atoms with Gasteiger partial charge in [-0.15, -0.1) is 0 Å². The molecule has 0 bridgehead atoms. The van der Waals surface area contributed by atoms with Crippen LogP contribution in [0.4, 0.5) is 113 Å². The number of para-hydroxylation sites is 2. The molecule has 125 heavy (non-hydrogen) atoms. The van der Waals surface area contributed by atoms with Gasteiger partial charge in [-0.2, -0.15) is 96.3 Å². The maximum atomic E-state index is 13.5. The van der Waals surface area contributed by atoms with Gasteiger partial charge in [0, 0.05) is 153 Å². The first kappa shape index (κ1) is 100. The number of nitrogens with zero attached hydrogens (tertiary/aromatic N) is 13. The second-order valence-electron chi connectivity index (χ2n) is 31.0. The van der Waals surface area contributed by atoms with Crippen molar-refractivity contribution in [1.29, 1.82) is 10.5 Å². The third kappa shape index (κ3) is 25.0. The Morgan fingerprint density at radius 1 is 0.432 bits per heavy atom. The van der Waals surface area contributed by atoms with Crippen LogP contribution in [0.25, 0.3) is 0 Å². The summed E-state index contributed by atoms with van der Waals surface area (Å²) < 4.78 is 216. The smallest absolute Gasteiger partial charge is 0.421 e. The molecule has 7 aromatic heterocycles. The second kappa shape index (κ2) is 41.3. The Morgan fingerprint density at radius 3 is 1.19 bits per heavy atom. The van der Waals surface area contributed by atoms with E-state index in [9.17, 15) is 86.6 Å². The topological polar surface area (TPSA) is 354 Å². The molecule has 4 fully saturated rings. The summed E-state index contributed by atoms with van der Waals surface area (Å²) in [5, 5.41) is 61.4. The maximum Gasteiger partial charge on any atom is 0.421 e. The minimum absolute atomic E-state index is 0. The molecule has 41 heteroatoms. The molecular weight excluding hydrogens is 1670 g/mol. The molecule has 676 valence electrons. The number of hydrogen-bond acceptors (Lipinski definition) is 26. The van der Waals surface area contributed by atoms with Gasteiger partial charge in [0.05, 0.1) is 53.0 Å². The van der Waals surface area contributed by atoms with E-state index < -0.39 is 92.9 Å². The van der Waals surface area contributed by atoms with Crippen molar-refractivity contribution < 1.29 is 90.3 Å². The molecule has 0 saturated heterocycles. The van der Waals surface area contributed by atoms with E-state index >= 15 is 0 Å². The third-order valence-corrected chi connectivity index (χ3v) is 22.3. The first-order valence-corrected chi connectivity index (χ1v) is 38.1. The SMILES string of the molecule is C.C.C.CC1(C)[C@H](O)C[C@H]1Nc1nc(NCc2cnccc2C(F)(F)F)ncc1C#N.COC1(C)CC(Nc2nc(NCc3cnccc3C(F)(F)F)ncc2C(F)(F)F)C1(C)C.COC1CC(Nc2nc(NCc3cnccc3C(F)(F)F)ncc2C(F)(F)F)C1(C)C.N#Cc1cnc(NCc2ccccc2Oc2ccccc2)nc1NC1CCC(O)CC1. The van der Waals surface area contributed by atoms with Crippen LogP contribution in [-0.4, -0.2) is 127 Å². The summed E-state index contributed by atoms with van der Waals surface area (Å²) in [5.74, 6) is 1.46. The predicted octanol–water partition coefficient (Wildman–Crippen LogP) is 19.2. The van der Waals surface area contributed by atoms with Gasteiger partial charge in [0.1, 0.15) is 69.2 Å². The minimum atomic E-state index is -4.72. The Bertz CT molecular complexity index is 5120. The molecule has 10 N–H and O–H groups in total. The number of anilines is 8. The molecule has 2 aromatic carbocycles. The molecule has 0 amide bonds. The number of aliphatic hydroxyl groups is 2. The number of halogens is 15. The first-order valence-electron chi connectivity index (χ1n) is 38.1. The summed E-state index contributed by atoms with van der Waals surface area (Å²) in [6.45, 7) is 12.7. The maximum absolute atomic E-state index is 13.5. The number of benzene rings is 2. The van der Waals surface area contributed by atoms with Crippen molar-refractivity contribution >= 4 is 47.1 Å². The van der Waals surface area contributed by atoms with Crippen molar-refractivity contribution in [2.45, 2.75) is 221 Å². The fraction of sp³-hybridized carbons (Fsp3) is 0.464. The standard InChI is InChI=1S/C24H25N5O2.C20H23F6N5O.C19H21F6N5O.C18H19F3N6O.3CH4/c25-14-18-16-27-24(29-23(18)28-19-10-12-20(30)13-11-19)26-15-17-6-4-5-9-22(17)31-21-7-2-1-3-8-21;1-17(2)14(7-18(17,3)32-4)30-15-13(20(24,25)26)10-29-16(31-15)28-9-11-8-27-6-5-12(11)19(21,22)23;1-17(2)13(6-14(17)31-3)29-15-12(19(23,24)25)9-28-16(30-15)27-8-10-7-26-5-4-11(10)18(20,21)22;1-17(2)13(5-14(17)28)26-15-10(6-22)8-24-16(27-15)25-9-11-7-23-4-3-12(11)18(19,20)21;;;/h1-9,16,19-20,30H,10-13,15H2,(H2,26,27,28,29);5-6,8,10,14H,7,9H2,1-4H3,(H2,28,29,30,31);4-5,7,9,13-14H,6,8H2,1-3H3,(H2,27,28,29,30);3-4,7-8,13-14,28H,5,9H2,1-2H3,(H2,24,25,26,27);3*1H4/t;;;13-,14-;;;/m...1.../s1. The summed E-state index contributed by atoms with van der Waals surface area (Å²) in [4.78, 5) is 43.2. The zero-order chi connectivity index (χ0) is 89.0. The largest absolute Gasteiger partial charge is 0.457 e. The van der Waals surface area contributed by atoms with Crippen LogP contribution in [0.1, 0.15) is 177 Å². The summed E-state index contributed by atoms with van der Waals surface area (Å²) in [5.41, 5.74) is -5.39. The van der Waals surface area contributed by atoms with Gasteiger partial charge < -0.3 is 67.0 Å². The van der Waals surface area contributed by atoms with Crippen LogP contribution in [0.3, 0.4) is 0 Å². The molecule has 26 nitrogen and oxygen atoms in total. The van der Waals surface area contributed by atoms with Crippen molar-refractivity contribution in [1.82, 2.24) is 54.8 Å². The molecule has 0 aliphatic heterocycles. The van der Waals surface area contributed by atoms with E-state index in [2.05, 4.69) is 103 Å². The number of rotatable bonds is 24. The average Bonchev–Trinajstić information content (AvgIpc) is 0.719. The monoisotopic (exact) mass is 1770 g/mol. The lowest BCUT2D eigenvalue weighted by molar-refractivity contribution is -0.166. The van der Waals surface area contributed by atoms with Crippen LogP contribution in [0.2, 0.25) is 0 Å². The second-order valence-corrected chi connectivity index (χ2v) is 31.0. The van der Waals surface area contributed by atoms with E-state index in [0.717, 1.165) is 98.1 Å². The molecule has 0 spiro atoms. The van der Waals surface area contributed by atoms with E-state index in [1.807, 2.05) is 109 Å². The molecule has 6 atom stereocenters. The molecule has 4 aliphatic rings. The number of ether oxygens (including phenoxy) is 3. The van der Waals surface area contributed by atoms with Crippen molar-refractivity contribution in [2.24, 2.45) is 16.2 Å². The van der Waals surface area contributed by atoms with E-state index in [1.54, 1.807) is 7.11 Å². The fourth-order valence-electron chi connectivity index (χ4n) is 13.8. The summed E-state index contributed by atoms with van der Waals surface area (Å²) in [6.07, 6.45) is -8.92. The number of aromatic nitrogens is 11. The van der Waals surface area contributed by atoms with Gasteiger partial charge in [-0.1, -0.05) is 100 Å². The van der Waals surface area contributed by atoms with Crippen molar-refractivity contribution in [2.75, 3.05) is 56.8 Å². The van der Waals surface area contributed by atoms with Gasteiger partial charge in [0.25, 0.3) is 0 Å². The van der Waals surface area contributed by atoms with Crippen LogP contribution in [0, 0.1) is 38.9 Å². The molecule has 13 rings (SSSR count). The number of hydrogen-bond donors (Lipinski definition) is 10. The zero-order valence-corrected chi connectivity index (χ0v) is 67.1. The fourth-order valence-corrected chi connectivity index (χ4v) is 13.8. The van der Waals surface area contributed by atoms with E-state index in [1.165, 1.54) is 19.5 Å². The lowest BCUT2D eigenvalue weighted by Gasteiger charge is -2.59. The highest BCUT2D eigenvalue weighted by Gasteiger charge is 2.58. The molecule has 7 heterocycles. The molecule has 4 unspecified atom stereocenters. The summed E-state index contributed by atoms with van der Waals surface area (Å²) in [7, 11) is 3.07. The van der Waals surface area contributed by atoms with Crippen LogP contribution < -0.4 is 47.3 Å². The van der Waals surface area contributed by atoms with Gasteiger partial charge >= 0.3 is 30.9 Å². The molecule has 4 saturated carbocycles. The lowest BCUT2D eigenvalue weighted by Crippen LogP contribution is -2.65. The van der Waals surface area contributed by atoms with Crippen LogP contribution in [-0.2, 0) is 66.5 Å². The third-order valence-electron chi connectivity index (χ3n) is 22.3. The highest BCUT2D eigenvalue weighted by molar-refractivity contribution is 5.57. The first-order chi connectivity index (χ1) is 57.4. The van der Waals surface area contributed by atoms with Crippen molar-refractivity contribution in [3.05, 3.63) is 196 Å². The molecule has 9 aromatic rings. The number of nitriles is 2. The van der Waals surface area contributed by atoms with Gasteiger partial charge in [-0.05, 0) is 88.3 Å². The number of nitrogens with one attached hydrogen (secondary N) is 8. The minimum Gasteiger partial charge on any atom is -0.457 e. The van der Waals surface area contributed by atoms with Gasteiger partial charge in [0.15, 0.2) is 0 Å². The van der Waals surface area contributed by atoms with Crippen molar-refractivity contribution in [3.8, 4) is 23.6 Å². The molecule has 0 radical (unpaired) electrons. The Kier molecular flexibility index (Phi) is 33.2. The Labute approximate surface area is 713 Å². The van der Waals surface area contributed by atoms with Gasteiger partial charge in [0.2, 0.25) is 23.8 Å². The number of pyridine rings is 3. The highest BCUT2D eigenvalue weighted by Crippen LogP contribution is 2.54. The average molecular weight is 1770 g/mol. The normalized spacial score (nSPS) is 20.1. The van der Waals surface area contributed by atoms with Crippen LogP contribution in [0.5, 0.6) is 11.5 Å². The van der Waals surface area contributed by atoms with Crippen LogP contribution >= 0.6 is 0 Å². The lowest BCUT2D eigenvalue weighted by atomic mass is 9.56. The number of alkyl halides is 15. The summed E-state index contributed by atoms with van der Waals surface area (Å²) in [6, 6.07) is 23.5. The van der Waals surface area contributed by atoms with Gasteiger partial charge in [-0.3, -0.25) is 15.0 Å². The number of methoxy groups -OCH3 is 2. The molecule has 4 aliphatic carbocycles. The quantitative estimate of drug-likeness (QED) is 0.0251. The van der Waals surface area contributed by atoms with Gasteiger partial charge in [-0.25, -0.2) is 19.9 Å².